The Labute approximate surface area is 196 Å². The van der Waals surface area contributed by atoms with E-state index >= 15 is 0 Å². The zero-order valence-corrected chi connectivity index (χ0v) is 18.6. The molecule has 0 radical (unpaired) electrons. The van der Waals surface area contributed by atoms with Crippen LogP contribution in [0.5, 0.6) is 0 Å². The highest BCUT2D eigenvalue weighted by Crippen LogP contribution is 2.34. The van der Waals surface area contributed by atoms with Crippen LogP contribution in [-0.4, -0.2) is 22.5 Å². The van der Waals surface area contributed by atoms with Crippen molar-refractivity contribution >= 4 is 34.7 Å². The average molecular weight is 452 g/mol. The van der Waals surface area contributed by atoms with Gasteiger partial charge in [0.1, 0.15) is 11.5 Å². The molecule has 1 aromatic heterocycles. The first kappa shape index (κ1) is 21.0. The van der Waals surface area contributed by atoms with E-state index in [1.54, 1.807) is 11.1 Å². The molecular formula is C27H21N3O2S. The largest absolute Gasteiger partial charge is 0.455 e. The number of anilines is 1. The van der Waals surface area contributed by atoms with Gasteiger partial charge in [0.25, 0.3) is 0 Å². The maximum absolute atomic E-state index is 13.3. The average Bonchev–Trinajstić information content (AvgIpc) is 3.46. The third-order valence-electron chi connectivity index (χ3n) is 5.23. The van der Waals surface area contributed by atoms with Crippen LogP contribution in [-0.2, 0) is 11.2 Å². The van der Waals surface area contributed by atoms with Crippen LogP contribution in [0.3, 0.4) is 0 Å². The molecule has 5 nitrogen and oxygen atoms in total. The van der Waals surface area contributed by atoms with E-state index in [0.29, 0.717) is 17.3 Å². The van der Waals surface area contributed by atoms with Crippen molar-refractivity contribution in [1.82, 2.24) is 0 Å². The molecule has 2 heterocycles. The molecule has 0 saturated carbocycles. The lowest BCUT2D eigenvalue weighted by Crippen LogP contribution is -2.32. The summed E-state index contributed by atoms with van der Waals surface area (Å²) in [6, 6.07) is 33.2. The molecule has 1 aliphatic heterocycles. The lowest BCUT2D eigenvalue weighted by Gasteiger charge is -2.15. The van der Waals surface area contributed by atoms with Crippen LogP contribution in [0.15, 0.2) is 118 Å². The van der Waals surface area contributed by atoms with Gasteiger partial charge in [-0.1, -0.05) is 90.6 Å². The van der Waals surface area contributed by atoms with E-state index < -0.39 is 0 Å². The second-order valence-corrected chi connectivity index (χ2v) is 8.67. The van der Waals surface area contributed by atoms with Crippen molar-refractivity contribution in [2.24, 2.45) is 10.2 Å². The van der Waals surface area contributed by atoms with Gasteiger partial charge < -0.3 is 4.42 Å². The molecule has 0 aliphatic carbocycles. The normalized spacial score (nSPS) is 17.3. The van der Waals surface area contributed by atoms with Crippen LogP contribution in [0.25, 0.3) is 11.3 Å². The zero-order chi connectivity index (χ0) is 22.5. The lowest BCUT2D eigenvalue weighted by atomic mass is 10.1. The molecule has 1 saturated heterocycles. The van der Waals surface area contributed by atoms with Gasteiger partial charge in [-0.05, 0) is 36.2 Å². The van der Waals surface area contributed by atoms with Gasteiger partial charge in [0.2, 0.25) is 5.91 Å². The predicted molar refractivity (Wildman–Crippen MR) is 135 cm³/mol. The Morgan fingerprint density at radius 1 is 0.848 bits per heavy atom. The van der Waals surface area contributed by atoms with E-state index in [4.69, 9.17) is 4.42 Å². The Balaban J connectivity index is 1.38. The number of furan rings is 1. The highest BCUT2D eigenvalue weighted by atomic mass is 32.2. The minimum atomic E-state index is -0.255. The number of rotatable bonds is 6. The third-order valence-corrected chi connectivity index (χ3v) is 6.35. The van der Waals surface area contributed by atoms with Crippen LogP contribution in [0, 0.1) is 0 Å². The van der Waals surface area contributed by atoms with Gasteiger partial charge in [-0.3, -0.25) is 9.69 Å². The Morgan fingerprint density at radius 3 is 2.24 bits per heavy atom. The van der Waals surface area contributed by atoms with Crippen molar-refractivity contribution in [2.45, 2.75) is 11.7 Å². The maximum atomic E-state index is 13.3. The standard InChI is InChI=1S/C27H21N3O2S/c31-26-25(18-20-10-4-1-5-11-20)33-27(30(26)22-14-8-3-9-15-22)29-28-19-23-16-17-24(32-23)21-12-6-2-7-13-21/h1-17,19,25H,18H2/b28-19-,29-27-/t25-/m0/s1. The summed E-state index contributed by atoms with van der Waals surface area (Å²) in [5.41, 5.74) is 2.90. The number of carbonyl (C=O) groups excluding carboxylic acids is 1. The van der Waals surface area contributed by atoms with Gasteiger partial charge in [0, 0.05) is 5.56 Å². The molecule has 1 aliphatic rings. The smallest absolute Gasteiger partial charge is 0.247 e. The summed E-state index contributed by atoms with van der Waals surface area (Å²) in [7, 11) is 0. The lowest BCUT2D eigenvalue weighted by molar-refractivity contribution is -0.116. The Kier molecular flexibility index (Phi) is 6.17. The fourth-order valence-electron chi connectivity index (χ4n) is 3.62. The van der Waals surface area contributed by atoms with E-state index in [9.17, 15) is 4.79 Å². The second-order valence-electron chi connectivity index (χ2n) is 7.50. The molecule has 1 atom stereocenters. The Bertz CT molecular complexity index is 1280. The number of para-hydroxylation sites is 1. The number of amides is 1. The summed E-state index contributed by atoms with van der Waals surface area (Å²) in [5, 5.41) is 8.93. The van der Waals surface area contributed by atoms with Crippen LogP contribution < -0.4 is 4.90 Å². The van der Waals surface area contributed by atoms with Gasteiger partial charge in [0.15, 0.2) is 5.17 Å². The van der Waals surface area contributed by atoms with Crippen molar-refractivity contribution in [3.63, 3.8) is 0 Å². The number of benzene rings is 3. The SMILES string of the molecule is O=C1[C@H](Cc2ccccc2)S/C(=N\N=C/c2ccc(-c3ccccc3)o2)N1c1ccccc1. The summed E-state index contributed by atoms with van der Waals surface area (Å²) in [4.78, 5) is 14.9. The van der Waals surface area contributed by atoms with Crippen molar-refractivity contribution in [1.29, 1.82) is 0 Å². The minimum Gasteiger partial charge on any atom is -0.455 e. The topological polar surface area (TPSA) is 58.2 Å². The molecule has 0 bridgehead atoms. The molecule has 3 aromatic carbocycles. The molecule has 0 unspecified atom stereocenters. The maximum Gasteiger partial charge on any atom is 0.247 e. The van der Waals surface area contributed by atoms with Crippen molar-refractivity contribution < 1.29 is 9.21 Å². The first-order valence-electron chi connectivity index (χ1n) is 10.6. The Morgan fingerprint density at radius 2 is 1.52 bits per heavy atom. The van der Waals surface area contributed by atoms with Gasteiger partial charge in [-0.2, -0.15) is 5.10 Å². The summed E-state index contributed by atoms with van der Waals surface area (Å²) in [5.74, 6) is 1.37. The number of carbonyl (C=O) groups is 1. The highest BCUT2D eigenvalue weighted by molar-refractivity contribution is 8.16. The number of thioether (sulfide) groups is 1. The van der Waals surface area contributed by atoms with Crippen molar-refractivity contribution in [2.75, 3.05) is 4.90 Å². The summed E-state index contributed by atoms with van der Waals surface area (Å²) >= 11 is 1.44. The van der Waals surface area contributed by atoms with E-state index in [2.05, 4.69) is 10.2 Å². The van der Waals surface area contributed by atoms with E-state index in [1.807, 2.05) is 103 Å². The first-order valence-corrected chi connectivity index (χ1v) is 11.5. The number of nitrogens with zero attached hydrogens (tertiary/aromatic N) is 3. The molecule has 1 fully saturated rings. The van der Waals surface area contributed by atoms with Gasteiger partial charge in [0.05, 0.1) is 17.2 Å². The van der Waals surface area contributed by atoms with Gasteiger partial charge in [-0.15, -0.1) is 5.10 Å². The summed E-state index contributed by atoms with van der Waals surface area (Å²) in [6.07, 6.45) is 2.20. The number of amidine groups is 1. The first-order chi connectivity index (χ1) is 16.3. The molecular weight excluding hydrogens is 430 g/mol. The van der Waals surface area contributed by atoms with Gasteiger partial charge >= 0.3 is 0 Å². The summed E-state index contributed by atoms with van der Waals surface area (Å²) in [6.45, 7) is 0. The fraction of sp³-hybridized carbons (Fsp3) is 0.0741. The van der Waals surface area contributed by atoms with Crippen LogP contribution in [0.1, 0.15) is 11.3 Å². The highest BCUT2D eigenvalue weighted by Gasteiger charge is 2.39. The monoisotopic (exact) mass is 451 g/mol. The van der Waals surface area contributed by atoms with Gasteiger partial charge in [-0.25, -0.2) is 0 Å². The molecule has 1 amide bonds. The fourth-order valence-corrected chi connectivity index (χ4v) is 4.76. The van der Waals surface area contributed by atoms with E-state index in [1.165, 1.54) is 11.8 Å². The van der Waals surface area contributed by atoms with Crippen molar-refractivity contribution in [3.8, 4) is 11.3 Å². The second kappa shape index (κ2) is 9.71. The van der Waals surface area contributed by atoms with E-state index in [-0.39, 0.29) is 11.2 Å². The molecule has 6 heteroatoms. The van der Waals surface area contributed by atoms with Crippen molar-refractivity contribution in [3.05, 3.63) is 114 Å². The minimum absolute atomic E-state index is 0.00775. The quantitative estimate of drug-likeness (QED) is 0.266. The molecule has 0 spiro atoms. The molecule has 33 heavy (non-hydrogen) atoms. The van der Waals surface area contributed by atoms with Crippen LogP contribution in [0.4, 0.5) is 5.69 Å². The zero-order valence-electron chi connectivity index (χ0n) is 17.7. The van der Waals surface area contributed by atoms with E-state index in [0.717, 1.165) is 22.6 Å². The van der Waals surface area contributed by atoms with Crippen LogP contribution >= 0.6 is 11.8 Å². The Hall–Kier alpha value is -3.90. The molecule has 0 N–H and O–H groups in total. The summed E-state index contributed by atoms with van der Waals surface area (Å²) < 4.78 is 5.86. The molecule has 162 valence electrons. The third kappa shape index (κ3) is 4.81. The van der Waals surface area contributed by atoms with Crippen LogP contribution in [0.2, 0.25) is 0 Å². The molecule has 5 rings (SSSR count). The number of hydrogen-bond donors (Lipinski definition) is 0. The number of hydrogen-bond acceptors (Lipinski definition) is 5. The molecule has 4 aromatic rings. The predicted octanol–water partition coefficient (Wildman–Crippen LogP) is 6.03.